The van der Waals surface area contributed by atoms with Gasteiger partial charge in [0.05, 0.1) is 5.52 Å². The van der Waals surface area contributed by atoms with Crippen molar-refractivity contribution in [2.75, 3.05) is 0 Å². The quantitative estimate of drug-likeness (QED) is 0.625. The molecule has 0 amide bonds. The summed E-state index contributed by atoms with van der Waals surface area (Å²) >= 11 is 10.3. The molecule has 0 saturated carbocycles. The van der Waals surface area contributed by atoms with Gasteiger partial charge in [-0.3, -0.25) is 0 Å². The molecule has 0 saturated heterocycles. The first-order valence-corrected chi connectivity index (χ1v) is 5.96. The van der Waals surface area contributed by atoms with E-state index >= 15 is 0 Å². The van der Waals surface area contributed by atoms with Crippen LogP contribution in [-0.2, 0) is 0 Å². The lowest BCUT2D eigenvalue weighted by atomic mass is 10.2. The van der Waals surface area contributed by atoms with Gasteiger partial charge in [0.2, 0.25) is 0 Å². The highest BCUT2D eigenvalue weighted by atomic mass is 79.9. The number of hydrogen-bond donors (Lipinski definition) is 0. The van der Waals surface area contributed by atoms with Crippen molar-refractivity contribution in [3.8, 4) is 0 Å². The van der Waals surface area contributed by atoms with E-state index in [2.05, 4.69) is 52.8 Å². The molecule has 0 aliphatic rings. The zero-order valence-corrected chi connectivity index (χ0v) is 11.1. The Kier molecular flexibility index (Phi) is 2.72. The maximum absolute atomic E-state index is 4.38. The van der Waals surface area contributed by atoms with E-state index in [-0.39, 0.29) is 0 Å². The first kappa shape index (κ1) is 9.62. The Hall–Kier alpha value is 0.0700. The fourth-order valence-corrected chi connectivity index (χ4v) is 2.32. The minimum atomic E-state index is 0.846. The molecule has 0 bridgehead atoms. The minimum absolute atomic E-state index is 0.846. The van der Waals surface area contributed by atoms with Crippen molar-refractivity contribution >= 4 is 58.7 Å². The molecule has 0 fully saturated rings. The van der Waals surface area contributed by atoms with Crippen LogP contribution >= 0.6 is 47.8 Å². The number of pyridine rings is 1. The summed E-state index contributed by atoms with van der Waals surface area (Å²) in [6.45, 7) is 0. The van der Waals surface area contributed by atoms with Crippen LogP contribution in [-0.4, -0.2) is 4.98 Å². The standard InChI is InChI=1S/C9H4Br3N/c10-6-2-3-7(11)9-5(6)1-4-8(12)13-9/h1-4H. The molecule has 2 aromatic rings. The van der Waals surface area contributed by atoms with Crippen LogP contribution in [0.3, 0.4) is 0 Å². The second kappa shape index (κ2) is 3.67. The molecule has 0 spiro atoms. The lowest BCUT2D eigenvalue weighted by Crippen LogP contribution is -1.82. The smallest absolute Gasteiger partial charge is 0.106 e. The molecule has 1 aromatic carbocycles. The normalized spacial score (nSPS) is 10.7. The molecule has 2 rings (SSSR count). The van der Waals surface area contributed by atoms with Gasteiger partial charge < -0.3 is 0 Å². The van der Waals surface area contributed by atoms with Crippen LogP contribution < -0.4 is 0 Å². The molecule has 0 aliphatic heterocycles. The van der Waals surface area contributed by atoms with Crippen LogP contribution in [0.1, 0.15) is 0 Å². The minimum Gasteiger partial charge on any atom is -0.240 e. The molecule has 4 heteroatoms. The van der Waals surface area contributed by atoms with Crippen molar-refractivity contribution in [2.45, 2.75) is 0 Å². The van der Waals surface area contributed by atoms with E-state index in [0.717, 1.165) is 24.5 Å². The van der Waals surface area contributed by atoms with E-state index in [0.29, 0.717) is 0 Å². The van der Waals surface area contributed by atoms with E-state index < -0.39 is 0 Å². The maximum Gasteiger partial charge on any atom is 0.106 e. The van der Waals surface area contributed by atoms with Gasteiger partial charge in [-0.05, 0) is 56.1 Å². The summed E-state index contributed by atoms with van der Waals surface area (Å²) in [5, 5.41) is 1.11. The largest absolute Gasteiger partial charge is 0.240 e. The van der Waals surface area contributed by atoms with Crippen molar-refractivity contribution in [3.63, 3.8) is 0 Å². The van der Waals surface area contributed by atoms with Crippen molar-refractivity contribution < 1.29 is 0 Å². The third-order valence-electron chi connectivity index (χ3n) is 1.72. The van der Waals surface area contributed by atoms with Crippen LogP contribution in [0.2, 0.25) is 0 Å². The predicted octanol–water partition coefficient (Wildman–Crippen LogP) is 4.52. The maximum atomic E-state index is 4.38. The van der Waals surface area contributed by atoms with Gasteiger partial charge in [0.25, 0.3) is 0 Å². The lowest BCUT2D eigenvalue weighted by Gasteiger charge is -2.02. The van der Waals surface area contributed by atoms with Crippen LogP contribution in [0, 0.1) is 0 Å². The number of fused-ring (bicyclic) bond motifs is 1. The van der Waals surface area contributed by atoms with E-state index in [1.807, 2.05) is 24.3 Å². The third kappa shape index (κ3) is 1.80. The fraction of sp³-hybridized carbons (Fsp3) is 0. The van der Waals surface area contributed by atoms with Gasteiger partial charge >= 0.3 is 0 Å². The van der Waals surface area contributed by atoms with Gasteiger partial charge in [-0.15, -0.1) is 0 Å². The number of aromatic nitrogens is 1. The molecular formula is C9H4Br3N. The first-order chi connectivity index (χ1) is 6.18. The number of nitrogens with zero attached hydrogens (tertiary/aromatic N) is 1. The second-order valence-corrected chi connectivity index (χ2v) is 5.08. The molecule has 66 valence electrons. The molecule has 1 nitrogen and oxygen atoms in total. The number of benzene rings is 1. The van der Waals surface area contributed by atoms with E-state index in [4.69, 9.17) is 0 Å². The molecule has 0 unspecified atom stereocenters. The van der Waals surface area contributed by atoms with Crippen molar-refractivity contribution in [1.29, 1.82) is 0 Å². The number of hydrogen-bond acceptors (Lipinski definition) is 1. The summed E-state index contributed by atoms with van der Waals surface area (Å²) in [5.41, 5.74) is 0.962. The highest BCUT2D eigenvalue weighted by Crippen LogP contribution is 2.29. The molecule has 1 heterocycles. The molecule has 0 atom stereocenters. The SMILES string of the molecule is Brc1ccc2c(Br)ccc(Br)c2n1. The van der Waals surface area contributed by atoms with Gasteiger partial charge in [0.1, 0.15) is 4.60 Å². The molecule has 0 aliphatic carbocycles. The second-order valence-electron chi connectivity index (χ2n) is 2.56. The molecule has 1 aromatic heterocycles. The average molecular weight is 366 g/mol. The Labute approximate surface area is 101 Å². The van der Waals surface area contributed by atoms with Gasteiger partial charge in [-0.1, -0.05) is 15.9 Å². The average Bonchev–Trinajstić information content (AvgIpc) is 2.12. The fourth-order valence-electron chi connectivity index (χ4n) is 1.13. The van der Waals surface area contributed by atoms with Gasteiger partial charge in [-0.25, -0.2) is 4.98 Å². The van der Waals surface area contributed by atoms with Crippen molar-refractivity contribution in [2.24, 2.45) is 0 Å². The van der Waals surface area contributed by atoms with E-state index in [1.165, 1.54) is 0 Å². The molecule has 0 radical (unpaired) electrons. The summed E-state index contributed by atoms with van der Waals surface area (Å²) in [7, 11) is 0. The molecule has 13 heavy (non-hydrogen) atoms. The molecule has 0 N–H and O–H groups in total. The first-order valence-electron chi connectivity index (χ1n) is 3.59. The Bertz CT molecular complexity index is 468. The Morgan fingerprint density at radius 2 is 1.54 bits per heavy atom. The van der Waals surface area contributed by atoms with Crippen LogP contribution in [0.15, 0.2) is 37.8 Å². The Morgan fingerprint density at radius 1 is 0.846 bits per heavy atom. The van der Waals surface area contributed by atoms with Gasteiger partial charge in [0.15, 0.2) is 0 Å². The van der Waals surface area contributed by atoms with Crippen molar-refractivity contribution in [3.05, 3.63) is 37.8 Å². The Balaban J connectivity index is 2.92. The zero-order chi connectivity index (χ0) is 9.42. The summed E-state index contributed by atoms with van der Waals surface area (Å²) in [4.78, 5) is 4.38. The highest BCUT2D eigenvalue weighted by Gasteiger charge is 2.03. The predicted molar refractivity (Wildman–Crippen MR) is 64.8 cm³/mol. The van der Waals surface area contributed by atoms with E-state index in [9.17, 15) is 0 Å². The number of halogens is 3. The topological polar surface area (TPSA) is 12.9 Å². The van der Waals surface area contributed by atoms with Crippen LogP contribution in [0.4, 0.5) is 0 Å². The zero-order valence-electron chi connectivity index (χ0n) is 6.39. The van der Waals surface area contributed by atoms with Gasteiger partial charge in [0, 0.05) is 14.3 Å². The summed E-state index contributed by atoms with van der Waals surface area (Å²) < 4.78 is 2.91. The Morgan fingerprint density at radius 3 is 2.31 bits per heavy atom. The monoisotopic (exact) mass is 363 g/mol. The van der Waals surface area contributed by atoms with Gasteiger partial charge in [-0.2, -0.15) is 0 Å². The third-order valence-corrected chi connectivity index (χ3v) is 3.49. The summed E-state index contributed by atoms with van der Waals surface area (Å²) in [6, 6.07) is 7.94. The summed E-state index contributed by atoms with van der Waals surface area (Å²) in [6.07, 6.45) is 0. The lowest BCUT2D eigenvalue weighted by molar-refractivity contribution is 1.34. The highest BCUT2D eigenvalue weighted by molar-refractivity contribution is 9.11. The van der Waals surface area contributed by atoms with Crippen molar-refractivity contribution in [1.82, 2.24) is 4.98 Å². The van der Waals surface area contributed by atoms with Crippen LogP contribution in [0.25, 0.3) is 10.9 Å². The molecular weight excluding hydrogens is 362 g/mol. The summed E-state index contributed by atoms with van der Waals surface area (Å²) in [5.74, 6) is 0. The number of rotatable bonds is 0. The van der Waals surface area contributed by atoms with Crippen LogP contribution in [0.5, 0.6) is 0 Å². The van der Waals surface area contributed by atoms with E-state index in [1.54, 1.807) is 0 Å².